The van der Waals surface area contributed by atoms with Crippen LogP contribution in [-0.2, 0) is 6.42 Å². The normalized spacial score (nSPS) is 19.9. The van der Waals surface area contributed by atoms with Gasteiger partial charge in [-0.2, -0.15) is 0 Å². The molecule has 2 rings (SSSR count). The summed E-state index contributed by atoms with van der Waals surface area (Å²) in [5.74, 6) is 0.788. The van der Waals surface area contributed by atoms with E-state index in [1.165, 1.54) is 31.2 Å². The maximum atomic E-state index is 5.59. The lowest BCUT2D eigenvalue weighted by Crippen LogP contribution is -2.20. The van der Waals surface area contributed by atoms with Gasteiger partial charge in [0.15, 0.2) is 0 Å². The lowest BCUT2D eigenvalue weighted by molar-refractivity contribution is 0.224. The maximum Gasteiger partial charge on any atom is -0.00741 e. The van der Waals surface area contributed by atoms with Crippen LogP contribution in [0.25, 0.3) is 0 Å². The van der Waals surface area contributed by atoms with E-state index in [-0.39, 0.29) is 0 Å². The molecule has 1 aliphatic rings. The molecule has 0 heterocycles. The quantitative estimate of drug-likeness (QED) is 0.842. The Labute approximate surface area is 112 Å². The van der Waals surface area contributed by atoms with Crippen molar-refractivity contribution in [2.24, 2.45) is 11.1 Å². The molecule has 0 unspecified atom stereocenters. The Morgan fingerprint density at radius 3 is 2.61 bits per heavy atom. The molecule has 0 atom stereocenters. The molecule has 1 aliphatic carbocycles. The van der Waals surface area contributed by atoms with Gasteiger partial charge in [0.25, 0.3) is 0 Å². The number of hydrogen-bond acceptors (Lipinski definition) is 1. The summed E-state index contributed by atoms with van der Waals surface area (Å²) in [7, 11) is 0. The van der Waals surface area contributed by atoms with E-state index in [0.717, 1.165) is 25.3 Å². The molecule has 1 heteroatoms. The van der Waals surface area contributed by atoms with Crippen LogP contribution in [0, 0.1) is 5.41 Å². The Kier molecular flexibility index (Phi) is 4.45. The number of hydrogen-bond donors (Lipinski definition) is 1. The van der Waals surface area contributed by atoms with E-state index in [4.69, 9.17) is 5.73 Å². The summed E-state index contributed by atoms with van der Waals surface area (Å²) in [5.41, 5.74) is 9.17. The molecule has 0 aromatic heterocycles. The van der Waals surface area contributed by atoms with Crippen LogP contribution in [0.4, 0.5) is 0 Å². The van der Waals surface area contributed by atoms with Gasteiger partial charge in [-0.25, -0.2) is 0 Å². The molecule has 0 radical (unpaired) electrons. The number of rotatable bonds is 4. The van der Waals surface area contributed by atoms with Crippen LogP contribution in [0.5, 0.6) is 0 Å². The summed E-state index contributed by atoms with van der Waals surface area (Å²) in [6, 6.07) is 9.19. The van der Waals surface area contributed by atoms with Crippen LogP contribution in [-0.4, -0.2) is 6.54 Å². The summed E-state index contributed by atoms with van der Waals surface area (Å²) < 4.78 is 0. The zero-order valence-corrected chi connectivity index (χ0v) is 11.9. The topological polar surface area (TPSA) is 26.0 Å². The first kappa shape index (κ1) is 13.6. The zero-order valence-electron chi connectivity index (χ0n) is 11.9. The van der Waals surface area contributed by atoms with Gasteiger partial charge in [-0.3, -0.25) is 0 Å². The molecule has 0 saturated heterocycles. The van der Waals surface area contributed by atoms with Crippen molar-refractivity contribution in [2.75, 3.05) is 6.54 Å². The molecule has 0 spiro atoms. The van der Waals surface area contributed by atoms with Gasteiger partial charge in [-0.05, 0) is 67.5 Å². The third kappa shape index (κ3) is 3.58. The summed E-state index contributed by atoms with van der Waals surface area (Å²) in [6.45, 7) is 5.60. The SMILES string of the molecule is CC1(C)CCC(c2cccc(CCCN)c2)CC1. The summed E-state index contributed by atoms with van der Waals surface area (Å²) in [4.78, 5) is 0. The third-order valence-electron chi connectivity index (χ3n) is 4.43. The van der Waals surface area contributed by atoms with Crippen LogP contribution in [0.1, 0.15) is 63.0 Å². The first-order valence-electron chi connectivity index (χ1n) is 7.40. The summed E-state index contributed by atoms with van der Waals surface area (Å²) in [6.07, 6.45) is 7.67. The Balaban J connectivity index is 2.00. The Hall–Kier alpha value is -0.820. The molecule has 1 aromatic rings. The van der Waals surface area contributed by atoms with E-state index < -0.39 is 0 Å². The predicted octanol–water partition coefficient (Wildman–Crippen LogP) is 4.26. The Morgan fingerprint density at radius 2 is 1.94 bits per heavy atom. The van der Waals surface area contributed by atoms with Gasteiger partial charge < -0.3 is 5.73 Å². The van der Waals surface area contributed by atoms with Gasteiger partial charge in [-0.15, -0.1) is 0 Å². The largest absolute Gasteiger partial charge is 0.330 e. The van der Waals surface area contributed by atoms with Gasteiger partial charge in [0.05, 0.1) is 0 Å². The van der Waals surface area contributed by atoms with Crippen molar-refractivity contribution in [2.45, 2.75) is 58.3 Å². The van der Waals surface area contributed by atoms with Gasteiger partial charge in [0.2, 0.25) is 0 Å². The second-order valence-corrected chi connectivity index (χ2v) is 6.58. The highest BCUT2D eigenvalue weighted by Crippen LogP contribution is 2.42. The van der Waals surface area contributed by atoms with Crippen molar-refractivity contribution >= 4 is 0 Å². The molecule has 18 heavy (non-hydrogen) atoms. The van der Waals surface area contributed by atoms with Crippen molar-refractivity contribution in [1.82, 2.24) is 0 Å². The van der Waals surface area contributed by atoms with E-state index in [1.807, 2.05) is 0 Å². The van der Waals surface area contributed by atoms with Gasteiger partial charge in [0.1, 0.15) is 0 Å². The maximum absolute atomic E-state index is 5.59. The Morgan fingerprint density at radius 1 is 1.22 bits per heavy atom. The summed E-state index contributed by atoms with van der Waals surface area (Å²) >= 11 is 0. The van der Waals surface area contributed by atoms with Crippen LogP contribution < -0.4 is 5.73 Å². The first-order valence-corrected chi connectivity index (χ1v) is 7.40. The molecule has 100 valence electrons. The molecule has 1 nitrogen and oxygen atoms in total. The standard InChI is InChI=1S/C17H27N/c1-17(2)10-8-15(9-11-17)16-7-3-5-14(13-16)6-4-12-18/h3,5,7,13,15H,4,6,8-12,18H2,1-2H3. The average molecular weight is 245 g/mol. The van der Waals surface area contributed by atoms with Gasteiger partial charge in [-0.1, -0.05) is 38.1 Å². The van der Waals surface area contributed by atoms with Crippen molar-refractivity contribution in [3.05, 3.63) is 35.4 Å². The minimum absolute atomic E-state index is 0.563. The van der Waals surface area contributed by atoms with Crippen LogP contribution >= 0.6 is 0 Å². The van der Waals surface area contributed by atoms with Crippen LogP contribution in [0.15, 0.2) is 24.3 Å². The molecule has 1 aromatic carbocycles. The highest BCUT2D eigenvalue weighted by molar-refractivity contribution is 5.27. The monoisotopic (exact) mass is 245 g/mol. The van der Waals surface area contributed by atoms with Gasteiger partial charge >= 0.3 is 0 Å². The third-order valence-corrected chi connectivity index (χ3v) is 4.43. The van der Waals surface area contributed by atoms with Crippen molar-refractivity contribution in [3.63, 3.8) is 0 Å². The molecule has 1 saturated carbocycles. The second-order valence-electron chi connectivity index (χ2n) is 6.58. The lowest BCUT2D eigenvalue weighted by atomic mass is 9.71. The highest BCUT2D eigenvalue weighted by atomic mass is 14.5. The number of nitrogens with two attached hydrogens (primary N) is 1. The average Bonchev–Trinajstić information content (AvgIpc) is 2.37. The molecule has 1 fully saturated rings. The number of benzene rings is 1. The Bertz CT molecular complexity index is 371. The van der Waals surface area contributed by atoms with E-state index in [2.05, 4.69) is 38.1 Å². The zero-order chi connectivity index (χ0) is 13.0. The van der Waals surface area contributed by atoms with Crippen LogP contribution in [0.3, 0.4) is 0 Å². The van der Waals surface area contributed by atoms with E-state index >= 15 is 0 Å². The molecule has 2 N–H and O–H groups in total. The minimum Gasteiger partial charge on any atom is -0.330 e. The number of aryl methyl sites for hydroxylation is 1. The lowest BCUT2D eigenvalue weighted by Gasteiger charge is -2.34. The minimum atomic E-state index is 0.563. The molecule has 0 bridgehead atoms. The molecule has 0 aliphatic heterocycles. The highest BCUT2D eigenvalue weighted by Gasteiger charge is 2.27. The second kappa shape index (κ2) is 5.88. The van der Waals surface area contributed by atoms with E-state index in [0.29, 0.717) is 5.41 Å². The van der Waals surface area contributed by atoms with E-state index in [1.54, 1.807) is 5.56 Å². The predicted molar refractivity (Wildman–Crippen MR) is 78.8 cm³/mol. The smallest absolute Gasteiger partial charge is 0.00741 e. The fraction of sp³-hybridized carbons (Fsp3) is 0.647. The molecular formula is C17H27N. The first-order chi connectivity index (χ1) is 8.61. The van der Waals surface area contributed by atoms with E-state index in [9.17, 15) is 0 Å². The molecular weight excluding hydrogens is 218 g/mol. The fourth-order valence-corrected chi connectivity index (χ4v) is 3.04. The fourth-order valence-electron chi connectivity index (χ4n) is 3.04. The van der Waals surface area contributed by atoms with Gasteiger partial charge in [0, 0.05) is 0 Å². The van der Waals surface area contributed by atoms with Crippen molar-refractivity contribution in [1.29, 1.82) is 0 Å². The van der Waals surface area contributed by atoms with Crippen molar-refractivity contribution in [3.8, 4) is 0 Å². The van der Waals surface area contributed by atoms with Crippen molar-refractivity contribution < 1.29 is 0 Å². The molecule has 0 amide bonds. The summed E-state index contributed by atoms with van der Waals surface area (Å²) in [5, 5.41) is 0. The van der Waals surface area contributed by atoms with Crippen LogP contribution in [0.2, 0.25) is 0 Å².